The number of rotatable bonds is 5. The number of carbonyl (C=O) groups excluding carboxylic acids is 1. The lowest BCUT2D eigenvalue weighted by Gasteiger charge is -2.42. The average molecular weight is 326 g/mol. The summed E-state index contributed by atoms with van der Waals surface area (Å²) in [7, 11) is 0. The van der Waals surface area contributed by atoms with Crippen LogP contribution in [0.4, 0.5) is 0 Å². The van der Waals surface area contributed by atoms with E-state index in [-0.39, 0.29) is 35.1 Å². The number of aromatic hydroxyl groups is 1. The Morgan fingerprint density at radius 1 is 1.45 bits per heavy atom. The van der Waals surface area contributed by atoms with Crippen LogP contribution in [0.25, 0.3) is 0 Å². The van der Waals surface area contributed by atoms with Crippen LogP contribution in [0, 0.1) is 5.41 Å². The number of aliphatic hydroxyl groups excluding tert-OH is 1. The van der Waals surface area contributed by atoms with Gasteiger partial charge in [0, 0.05) is 18.5 Å². The van der Waals surface area contributed by atoms with Crippen molar-refractivity contribution < 1.29 is 15.0 Å². The smallest absolute Gasteiger partial charge is 0.227 e. The van der Waals surface area contributed by atoms with Gasteiger partial charge in [-0.3, -0.25) is 4.79 Å². The molecule has 0 aromatic heterocycles. The maximum atomic E-state index is 12.5. The maximum absolute atomic E-state index is 12.5. The summed E-state index contributed by atoms with van der Waals surface area (Å²) in [5.74, 6) is 0.0773. The Labute approximate surface area is 136 Å². The van der Waals surface area contributed by atoms with Gasteiger partial charge in [0.2, 0.25) is 5.91 Å². The van der Waals surface area contributed by atoms with Gasteiger partial charge in [0.1, 0.15) is 5.75 Å². The molecule has 0 bridgehead atoms. The number of aliphatic hydroxyl groups is 1. The number of amides is 1. The predicted octanol–water partition coefficient (Wildman–Crippen LogP) is 2.99. The molecular weight excluding hydrogens is 302 g/mol. The first-order valence-electron chi connectivity index (χ1n) is 7.86. The lowest BCUT2D eigenvalue weighted by molar-refractivity contribution is -0.135. The third kappa shape index (κ3) is 3.93. The quantitative estimate of drug-likeness (QED) is 0.875. The van der Waals surface area contributed by atoms with Crippen LogP contribution in [-0.4, -0.2) is 40.7 Å². The summed E-state index contributed by atoms with van der Waals surface area (Å²) < 4.78 is 0. The third-order valence-corrected chi connectivity index (χ3v) is 4.80. The first-order chi connectivity index (χ1) is 10.5. The highest BCUT2D eigenvalue weighted by Crippen LogP contribution is 2.34. The minimum Gasteiger partial charge on any atom is -0.506 e. The number of phenolic OH excluding ortho intramolecular Hbond substituents is 1. The molecule has 0 radical (unpaired) electrons. The summed E-state index contributed by atoms with van der Waals surface area (Å²) in [5.41, 5.74) is 0.651. The van der Waals surface area contributed by atoms with Gasteiger partial charge in [0.05, 0.1) is 18.1 Å². The fourth-order valence-corrected chi connectivity index (χ4v) is 3.51. The molecule has 0 spiro atoms. The Kier molecular flexibility index (Phi) is 5.70. The van der Waals surface area contributed by atoms with Gasteiger partial charge in [0.25, 0.3) is 0 Å². The van der Waals surface area contributed by atoms with E-state index in [1.54, 1.807) is 12.1 Å². The van der Waals surface area contributed by atoms with Crippen LogP contribution in [0.5, 0.6) is 5.75 Å². The van der Waals surface area contributed by atoms with Crippen LogP contribution in [0.2, 0.25) is 5.02 Å². The van der Waals surface area contributed by atoms with E-state index < -0.39 is 0 Å². The molecule has 1 heterocycles. The number of phenols is 1. The second kappa shape index (κ2) is 7.34. The van der Waals surface area contributed by atoms with Crippen molar-refractivity contribution in [2.24, 2.45) is 5.41 Å². The Balaban J connectivity index is 2.03. The number of benzene rings is 1. The zero-order chi connectivity index (χ0) is 16.2. The van der Waals surface area contributed by atoms with Crippen molar-refractivity contribution >= 4 is 17.5 Å². The number of carbonyl (C=O) groups is 1. The highest BCUT2D eigenvalue weighted by atomic mass is 35.5. The molecule has 1 atom stereocenters. The Bertz CT molecular complexity index is 531. The van der Waals surface area contributed by atoms with Gasteiger partial charge in [-0.2, -0.15) is 0 Å². The fourth-order valence-electron chi connectivity index (χ4n) is 3.31. The molecule has 5 heteroatoms. The Hall–Kier alpha value is -1.26. The molecule has 22 heavy (non-hydrogen) atoms. The summed E-state index contributed by atoms with van der Waals surface area (Å²) in [5, 5.41) is 19.4. The molecule has 1 saturated heterocycles. The van der Waals surface area contributed by atoms with E-state index in [2.05, 4.69) is 6.92 Å². The molecule has 1 amide bonds. The zero-order valence-electron chi connectivity index (χ0n) is 13.0. The van der Waals surface area contributed by atoms with Crippen LogP contribution < -0.4 is 0 Å². The molecule has 0 aliphatic carbocycles. The van der Waals surface area contributed by atoms with Gasteiger partial charge in [-0.25, -0.2) is 0 Å². The number of nitrogens with zero attached hydrogens (tertiary/aromatic N) is 1. The second-order valence-corrected chi connectivity index (χ2v) is 6.70. The van der Waals surface area contributed by atoms with E-state index in [0.29, 0.717) is 6.54 Å². The number of halogens is 1. The van der Waals surface area contributed by atoms with Crippen molar-refractivity contribution in [2.75, 3.05) is 19.7 Å². The van der Waals surface area contributed by atoms with Gasteiger partial charge in [-0.1, -0.05) is 31.0 Å². The molecular formula is C17H24ClNO3. The average Bonchev–Trinajstić information content (AvgIpc) is 2.51. The van der Waals surface area contributed by atoms with Gasteiger partial charge in [-0.15, -0.1) is 0 Å². The second-order valence-electron chi connectivity index (χ2n) is 6.29. The minimum atomic E-state index is -0.144. The normalized spacial score (nSPS) is 21.9. The zero-order valence-corrected chi connectivity index (χ0v) is 13.8. The third-order valence-electron chi connectivity index (χ3n) is 4.50. The molecule has 1 aliphatic rings. The summed E-state index contributed by atoms with van der Waals surface area (Å²) >= 11 is 5.88. The lowest BCUT2D eigenvalue weighted by Crippen LogP contribution is -2.48. The highest BCUT2D eigenvalue weighted by molar-refractivity contribution is 6.32. The molecule has 122 valence electrons. The van der Waals surface area contributed by atoms with E-state index in [0.717, 1.165) is 37.8 Å². The monoisotopic (exact) mass is 325 g/mol. The van der Waals surface area contributed by atoms with Crippen molar-refractivity contribution in [1.82, 2.24) is 4.90 Å². The van der Waals surface area contributed by atoms with Gasteiger partial charge in [-0.05, 0) is 37.0 Å². The molecule has 0 saturated carbocycles. The first kappa shape index (κ1) is 17.1. The molecule has 1 fully saturated rings. The molecule has 2 N–H and O–H groups in total. The molecule has 2 rings (SSSR count). The largest absolute Gasteiger partial charge is 0.506 e. The topological polar surface area (TPSA) is 60.8 Å². The minimum absolute atomic E-state index is 0.0260. The summed E-state index contributed by atoms with van der Waals surface area (Å²) in [6.45, 7) is 3.62. The van der Waals surface area contributed by atoms with Crippen LogP contribution in [-0.2, 0) is 11.2 Å². The highest BCUT2D eigenvalue weighted by Gasteiger charge is 2.35. The van der Waals surface area contributed by atoms with E-state index in [9.17, 15) is 15.0 Å². The summed E-state index contributed by atoms with van der Waals surface area (Å²) in [6.07, 6.45) is 4.14. The van der Waals surface area contributed by atoms with Crippen molar-refractivity contribution in [3.8, 4) is 5.75 Å². The maximum Gasteiger partial charge on any atom is 0.227 e. The standard InChI is InChI=1S/C17H24ClNO3/c1-2-6-17(12-20)7-3-8-19(11-17)16(22)10-13-4-5-15(21)14(18)9-13/h4-5,9,20-21H,2-3,6-8,10-12H2,1H3. The number of hydrogen-bond donors (Lipinski definition) is 2. The van der Waals surface area contributed by atoms with Crippen LogP contribution in [0.1, 0.15) is 38.2 Å². The van der Waals surface area contributed by atoms with Gasteiger partial charge >= 0.3 is 0 Å². The van der Waals surface area contributed by atoms with Crippen molar-refractivity contribution in [2.45, 2.75) is 39.0 Å². The predicted molar refractivity (Wildman–Crippen MR) is 87.1 cm³/mol. The Morgan fingerprint density at radius 3 is 2.86 bits per heavy atom. The van der Waals surface area contributed by atoms with E-state index >= 15 is 0 Å². The number of hydrogen-bond acceptors (Lipinski definition) is 3. The molecule has 4 nitrogen and oxygen atoms in total. The van der Waals surface area contributed by atoms with E-state index in [1.807, 2.05) is 4.90 Å². The van der Waals surface area contributed by atoms with Crippen LogP contribution >= 0.6 is 11.6 Å². The number of likely N-dealkylation sites (tertiary alicyclic amines) is 1. The van der Waals surface area contributed by atoms with Crippen molar-refractivity contribution in [3.05, 3.63) is 28.8 Å². The summed E-state index contributed by atoms with van der Waals surface area (Å²) in [6, 6.07) is 4.86. The molecule has 1 unspecified atom stereocenters. The van der Waals surface area contributed by atoms with Crippen LogP contribution in [0.15, 0.2) is 18.2 Å². The van der Waals surface area contributed by atoms with Gasteiger partial charge in [0.15, 0.2) is 0 Å². The molecule has 1 aromatic carbocycles. The Morgan fingerprint density at radius 2 is 2.23 bits per heavy atom. The first-order valence-corrected chi connectivity index (χ1v) is 8.23. The molecule has 1 aliphatic heterocycles. The fraction of sp³-hybridized carbons (Fsp3) is 0.588. The summed E-state index contributed by atoms with van der Waals surface area (Å²) in [4.78, 5) is 14.4. The van der Waals surface area contributed by atoms with E-state index in [1.165, 1.54) is 6.07 Å². The SMILES string of the molecule is CCCC1(CO)CCCN(C(=O)Cc2ccc(O)c(Cl)c2)C1. The van der Waals surface area contributed by atoms with Crippen LogP contribution in [0.3, 0.4) is 0 Å². The lowest BCUT2D eigenvalue weighted by atomic mass is 9.77. The molecule has 1 aromatic rings. The van der Waals surface area contributed by atoms with E-state index in [4.69, 9.17) is 11.6 Å². The van der Waals surface area contributed by atoms with Gasteiger partial charge < -0.3 is 15.1 Å². The van der Waals surface area contributed by atoms with Crippen molar-refractivity contribution in [3.63, 3.8) is 0 Å². The van der Waals surface area contributed by atoms with Crippen molar-refractivity contribution in [1.29, 1.82) is 0 Å². The number of piperidine rings is 1.